The fourth-order valence-electron chi connectivity index (χ4n) is 8.59. The van der Waals surface area contributed by atoms with E-state index in [9.17, 15) is 0 Å². The maximum atomic E-state index is 7.46. The fourth-order valence-corrected chi connectivity index (χ4v) is 14.6. The zero-order valence-electron chi connectivity index (χ0n) is 35.9. The number of benzene rings is 11. The molecule has 0 fully saturated rings. The minimum absolute atomic E-state index is 0. The molecule has 0 heterocycles. The van der Waals surface area contributed by atoms with E-state index in [1.807, 2.05) is 72.8 Å². The Hall–Kier alpha value is -6.08. The van der Waals surface area contributed by atoms with Gasteiger partial charge in [0.15, 0.2) is 0 Å². The topological polar surface area (TPSA) is 0 Å². The standard InChI is InChI=1S/C30H24P2.2C16H9.2Au/c1-5-15-25(16-6-1)31(26-17-7-2-8-18-26)29-23-13-14-24-30(29)32(27-19-9-3-10-20-27)28-21-11-4-12-22-28;2*1-2-14-15-9-5-3-7-12(15)11-13-8-4-6-10-16(13)14;;/h1-24H;2*3-11H;;/q;2*-1;2*+1/p+2. The van der Waals surface area contributed by atoms with Crippen LogP contribution >= 0.6 is 15.8 Å². The Morgan fingerprint density at radius 2 is 0.470 bits per heavy atom. The SMILES string of the molecule is [Au+].[Au+].[C-]#Cc1c2ccccc2cc2ccccc12.[C-]#Cc1c2ccccc2cc2ccccc12.c1ccc([PH+](c2ccccc2)c2ccccc2[PH+](c2ccccc2)c2ccccc2)cc1. The zero-order chi connectivity index (χ0) is 43.5. The Morgan fingerprint density at radius 3 is 0.712 bits per heavy atom. The molecule has 11 rings (SSSR count). The van der Waals surface area contributed by atoms with Crippen molar-refractivity contribution in [2.45, 2.75) is 0 Å². The third kappa shape index (κ3) is 10.6. The average Bonchev–Trinajstić information content (AvgIpc) is 3.37. The minimum atomic E-state index is -1.14. The summed E-state index contributed by atoms with van der Waals surface area (Å²) in [6, 6.07) is 90.3. The molecule has 0 N–H and O–H groups in total. The van der Waals surface area contributed by atoms with Gasteiger partial charge in [-0.2, -0.15) is 0 Å². The van der Waals surface area contributed by atoms with Crippen molar-refractivity contribution in [1.82, 2.24) is 0 Å². The molecular weight excluding hydrogens is 1200 g/mol. The van der Waals surface area contributed by atoms with Gasteiger partial charge in [-0.05, 0) is 94.3 Å². The van der Waals surface area contributed by atoms with E-state index in [2.05, 4.69) is 194 Å². The maximum absolute atomic E-state index is 7.46. The number of rotatable bonds is 6. The fraction of sp³-hybridized carbons (Fsp3) is 0. The first-order valence-electron chi connectivity index (χ1n) is 21.4. The van der Waals surface area contributed by atoms with Crippen molar-refractivity contribution in [3.63, 3.8) is 0 Å². The van der Waals surface area contributed by atoms with Gasteiger partial charge in [-0.15, -0.1) is 11.1 Å². The summed E-state index contributed by atoms with van der Waals surface area (Å²) < 4.78 is 0. The third-order valence-corrected chi connectivity index (χ3v) is 17.4. The quantitative estimate of drug-likeness (QED) is 0.0512. The van der Waals surface area contributed by atoms with Gasteiger partial charge < -0.3 is 12.8 Å². The van der Waals surface area contributed by atoms with Gasteiger partial charge in [0.2, 0.25) is 0 Å². The molecule has 322 valence electrons. The van der Waals surface area contributed by atoms with E-state index in [1.54, 1.807) is 0 Å². The van der Waals surface area contributed by atoms with Gasteiger partial charge in [0.1, 0.15) is 47.7 Å². The van der Waals surface area contributed by atoms with E-state index in [-0.39, 0.29) is 44.8 Å². The zero-order valence-corrected chi connectivity index (χ0v) is 42.2. The van der Waals surface area contributed by atoms with Crippen LogP contribution in [0.25, 0.3) is 43.1 Å². The maximum Gasteiger partial charge on any atom is 1.00 e. The minimum Gasteiger partial charge on any atom is -0.366 e. The summed E-state index contributed by atoms with van der Waals surface area (Å²) in [6.45, 7) is 0. The van der Waals surface area contributed by atoms with Crippen LogP contribution in [0.2, 0.25) is 0 Å². The molecule has 0 atom stereocenters. The molecule has 0 bridgehead atoms. The molecule has 0 aliphatic heterocycles. The molecule has 0 radical (unpaired) electrons. The van der Waals surface area contributed by atoms with Gasteiger partial charge in [0, 0.05) is 0 Å². The van der Waals surface area contributed by atoms with Crippen molar-refractivity contribution >= 4 is 90.8 Å². The van der Waals surface area contributed by atoms with E-state index >= 15 is 0 Å². The third-order valence-electron chi connectivity index (χ3n) is 11.5. The monoisotopic (exact) mass is 1240 g/mol. The Bertz CT molecular complexity index is 3000. The summed E-state index contributed by atoms with van der Waals surface area (Å²) >= 11 is 0. The second kappa shape index (κ2) is 23.4. The van der Waals surface area contributed by atoms with Gasteiger partial charge in [-0.25, -0.2) is 0 Å². The van der Waals surface area contributed by atoms with E-state index in [1.165, 1.54) is 31.8 Å². The summed E-state index contributed by atoms with van der Waals surface area (Å²) in [7, 11) is -2.28. The first-order chi connectivity index (χ1) is 31.7. The molecule has 0 aliphatic carbocycles. The van der Waals surface area contributed by atoms with Crippen LogP contribution in [-0.4, -0.2) is 0 Å². The molecule has 0 saturated carbocycles. The molecule has 0 unspecified atom stereocenters. The number of hydrogen-bond acceptors (Lipinski definition) is 0. The van der Waals surface area contributed by atoms with E-state index in [0.717, 1.165) is 54.2 Å². The largest absolute Gasteiger partial charge is 1.00 e. The number of fused-ring (bicyclic) bond motifs is 4. The van der Waals surface area contributed by atoms with E-state index in [4.69, 9.17) is 12.8 Å². The first-order valence-corrected chi connectivity index (χ1v) is 24.4. The molecule has 0 nitrogen and oxygen atoms in total. The Labute approximate surface area is 422 Å². The van der Waals surface area contributed by atoms with Crippen LogP contribution in [0.3, 0.4) is 0 Å². The molecule has 11 aromatic carbocycles. The van der Waals surface area contributed by atoms with Gasteiger partial charge in [0.05, 0.1) is 0 Å². The Balaban J connectivity index is 0.000000160. The summed E-state index contributed by atoms with van der Waals surface area (Å²) in [6.07, 6.45) is 14.9. The second-order valence-corrected chi connectivity index (χ2v) is 20.3. The van der Waals surface area contributed by atoms with E-state index in [0.29, 0.717) is 0 Å². The van der Waals surface area contributed by atoms with Gasteiger partial charge in [0.25, 0.3) is 0 Å². The molecule has 0 spiro atoms. The van der Waals surface area contributed by atoms with Crippen molar-refractivity contribution in [2.75, 3.05) is 0 Å². The number of hydrogen-bond donors (Lipinski definition) is 0. The van der Waals surface area contributed by atoms with Crippen LogP contribution in [0.5, 0.6) is 0 Å². The molecular formula is C62H44Au2P2+2. The Kier molecular flexibility index (Phi) is 17.0. The molecule has 0 amide bonds. The van der Waals surface area contributed by atoms with Crippen LogP contribution in [0.15, 0.2) is 255 Å². The van der Waals surface area contributed by atoms with Gasteiger partial charge >= 0.3 is 44.8 Å². The van der Waals surface area contributed by atoms with Crippen LogP contribution in [0.4, 0.5) is 0 Å². The van der Waals surface area contributed by atoms with Crippen molar-refractivity contribution in [1.29, 1.82) is 0 Å². The summed E-state index contributed by atoms with van der Waals surface area (Å²) in [5.74, 6) is 5.13. The molecule has 11 aromatic rings. The first kappa shape index (κ1) is 47.9. The predicted octanol–water partition coefficient (Wildman–Crippen LogP) is 12.5. The Morgan fingerprint density at radius 1 is 0.258 bits per heavy atom. The van der Waals surface area contributed by atoms with E-state index < -0.39 is 15.8 Å². The molecule has 0 aromatic heterocycles. The van der Waals surface area contributed by atoms with Crippen molar-refractivity contribution in [3.8, 4) is 11.8 Å². The predicted molar refractivity (Wildman–Crippen MR) is 282 cm³/mol. The molecule has 0 saturated heterocycles. The average molecular weight is 1240 g/mol. The van der Waals surface area contributed by atoms with Gasteiger partial charge in [-0.1, -0.05) is 204 Å². The summed E-state index contributed by atoms with van der Waals surface area (Å²) in [5, 5.41) is 17.7. The van der Waals surface area contributed by atoms with Crippen molar-refractivity contribution in [3.05, 3.63) is 279 Å². The summed E-state index contributed by atoms with van der Waals surface area (Å²) in [4.78, 5) is 0. The van der Waals surface area contributed by atoms with Crippen LogP contribution in [-0.2, 0) is 44.8 Å². The summed E-state index contributed by atoms with van der Waals surface area (Å²) in [5.41, 5.74) is 1.77. The molecule has 4 heteroatoms. The van der Waals surface area contributed by atoms with Crippen molar-refractivity contribution in [2.24, 2.45) is 0 Å². The smallest absolute Gasteiger partial charge is 0.366 e. The van der Waals surface area contributed by atoms with Crippen LogP contribution in [0, 0.1) is 24.7 Å². The van der Waals surface area contributed by atoms with Crippen LogP contribution in [0.1, 0.15) is 11.1 Å². The van der Waals surface area contributed by atoms with Crippen molar-refractivity contribution < 1.29 is 44.8 Å². The normalized spacial score (nSPS) is 10.4. The van der Waals surface area contributed by atoms with Gasteiger partial charge in [-0.3, -0.25) is 11.8 Å². The second-order valence-electron chi connectivity index (χ2n) is 15.4. The van der Waals surface area contributed by atoms with Crippen LogP contribution < -0.4 is 31.8 Å². The molecule has 0 aliphatic rings. The molecule has 66 heavy (non-hydrogen) atoms.